The summed E-state index contributed by atoms with van der Waals surface area (Å²) in [7, 11) is 0. The Morgan fingerprint density at radius 3 is 2.59 bits per heavy atom. The van der Waals surface area contributed by atoms with Crippen molar-refractivity contribution in [1.29, 1.82) is 0 Å². The molecule has 0 amide bonds. The molecule has 0 aliphatic carbocycles. The number of hydrogen-bond donors (Lipinski definition) is 2. The van der Waals surface area contributed by atoms with E-state index in [9.17, 15) is 4.39 Å². The SMILES string of the molecule is CC(C)N(CCO)c1ccc(CN)c(Br)c1F. The van der Waals surface area contributed by atoms with Gasteiger partial charge in [0.15, 0.2) is 5.82 Å². The highest BCUT2D eigenvalue weighted by atomic mass is 79.9. The van der Waals surface area contributed by atoms with Gasteiger partial charge in [-0.05, 0) is 41.4 Å². The van der Waals surface area contributed by atoms with Gasteiger partial charge in [0.2, 0.25) is 0 Å². The summed E-state index contributed by atoms with van der Waals surface area (Å²) in [5.41, 5.74) is 6.73. The van der Waals surface area contributed by atoms with Crippen LogP contribution in [0.4, 0.5) is 10.1 Å². The van der Waals surface area contributed by atoms with Crippen molar-refractivity contribution in [2.24, 2.45) is 5.73 Å². The first-order valence-corrected chi connectivity index (χ1v) is 6.36. The molecule has 0 saturated carbocycles. The van der Waals surface area contributed by atoms with Gasteiger partial charge in [-0.1, -0.05) is 6.07 Å². The van der Waals surface area contributed by atoms with Crippen molar-refractivity contribution < 1.29 is 9.50 Å². The van der Waals surface area contributed by atoms with Gasteiger partial charge >= 0.3 is 0 Å². The molecule has 0 radical (unpaired) electrons. The Morgan fingerprint density at radius 1 is 1.47 bits per heavy atom. The summed E-state index contributed by atoms with van der Waals surface area (Å²) in [5.74, 6) is -0.324. The molecule has 0 bridgehead atoms. The van der Waals surface area contributed by atoms with E-state index in [2.05, 4.69) is 15.9 Å². The third kappa shape index (κ3) is 3.18. The molecule has 0 aromatic heterocycles. The Kier molecular flexibility index (Phi) is 5.36. The average Bonchev–Trinajstić information content (AvgIpc) is 2.30. The first-order chi connectivity index (χ1) is 8.02. The van der Waals surface area contributed by atoms with Crippen LogP contribution in [0.5, 0.6) is 0 Å². The second-order valence-corrected chi connectivity index (χ2v) is 4.88. The van der Waals surface area contributed by atoms with Crippen LogP contribution in [0.15, 0.2) is 16.6 Å². The molecule has 1 aromatic carbocycles. The zero-order chi connectivity index (χ0) is 13.0. The number of aliphatic hydroxyl groups excluding tert-OH is 1. The van der Waals surface area contributed by atoms with E-state index in [1.165, 1.54) is 0 Å². The van der Waals surface area contributed by atoms with Gasteiger partial charge in [-0.2, -0.15) is 0 Å². The molecule has 1 rings (SSSR count). The van der Waals surface area contributed by atoms with Crippen LogP contribution in [0.1, 0.15) is 19.4 Å². The fourth-order valence-electron chi connectivity index (χ4n) is 1.72. The Bertz CT molecular complexity index is 385. The highest BCUT2D eigenvalue weighted by Crippen LogP contribution is 2.30. The molecule has 96 valence electrons. The Balaban J connectivity index is 3.16. The minimum absolute atomic E-state index is 0.00607. The maximum atomic E-state index is 14.2. The molecule has 3 nitrogen and oxygen atoms in total. The lowest BCUT2D eigenvalue weighted by Crippen LogP contribution is -2.34. The fraction of sp³-hybridized carbons (Fsp3) is 0.500. The molecule has 17 heavy (non-hydrogen) atoms. The second kappa shape index (κ2) is 6.33. The van der Waals surface area contributed by atoms with Crippen LogP contribution in [0, 0.1) is 5.82 Å². The van der Waals surface area contributed by atoms with E-state index in [4.69, 9.17) is 10.8 Å². The van der Waals surface area contributed by atoms with E-state index < -0.39 is 0 Å². The highest BCUT2D eigenvalue weighted by Gasteiger charge is 2.17. The summed E-state index contributed by atoms with van der Waals surface area (Å²) >= 11 is 3.22. The van der Waals surface area contributed by atoms with E-state index in [0.717, 1.165) is 5.56 Å². The lowest BCUT2D eigenvalue weighted by atomic mass is 10.1. The molecule has 0 saturated heterocycles. The molecule has 0 aliphatic rings. The molecule has 0 spiro atoms. The van der Waals surface area contributed by atoms with E-state index in [0.29, 0.717) is 23.2 Å². The van der Waals surface area contributed by atoms with Gasteiger partial charge in [-0.15, -0.1) is 0 Å². The number of nitrogens with zero attached hydrogens (tertiary/aromatic N) is 1. The molecule has 0 heterocycles. The van der Waals surface area contributed by atoms with Gasteiger partial charge in [-0.25, -0.2) is 4.39 Å². The third-order valence-electron chi connectivity index (χ3n) is 2.64. The number of rotatable bonds is 5. The lowest BCUT2D eigenvalue weighted by Gasteiger charge is -2.29. The van der Waals surface area contributed by atoms with Crippen LogP contribution in [0.2, 0.25) is 0 Å². The van der Waals surface area contributed by atoms with Gasteiger partial charge in [0.25, 0.3) is 0 Å². The van der Waals surface area contributed by atoms with Crippen molar-refractivity contribution in [3.8, 4) is 0 Å². The number of nitrogens with two attached hydrogens (primary N) is 1. The van der Waals surface area contributed by atoms with Crippen LogP contribution in [-0.2, 0) is 6.54 Å². The largest absolute Gasteiger partial charge is 0.395 e. The van der Waals surface area contributed by atoms with E-state index in [-0.39, 0.29) is 18.5 Å². The quantitative estimate of drug-likeness (QED) is 0.877. The normalized spacial score (nSPS) is 11.0. The predicted octanol–water partition coefficient (Wildman–Crippen LogP) is 2.25. The molecule has 3 N–H and O–H groups in total. The van der Waals surface area contributed by atoms with Crippen LogP contribution in [-0.4, -0.2) is 24.3 Å². The highest BCUT2D eigenvalue weighted by molar-refractivity contribution is 9.10. The van der Waals surface area contributed by atoms with Crippen molar-refractivity contribution in [2.75, 3.05) is 18.1 Å². The number of anilines is 1. The van der Waals surface area contributed by atoms with Crippen LogP contribution in [0.25, 0.3) is 0 Å². The van der Waals surface area contributed by atoms with Gasteiger partial charge in [0.1, 0.15) is 0 Å². The van der Waals surface area contributed by atoms with Gasteiger partial charge < -0.3 is 15.7 Å². The van der Waals surface area contributed by atoms with Crippen LogP contribution >= 0.6 is 15.9 Å². The first kappa shape index (κ1) is 14.4. The van der Waals surface area contributed by atoms with Gasteiger partial charge in [0.05, 0.1) is 16.8 Å². The topological polar surface area (TPSA) is 49.5 Å². The zero-order valence-corrected chi connectivity index (χ0v) is 11.7. The summed E-state index contributed by atoms with van der Waals surface area (Å²) in [6, 6.07) is 3.62. The number of aliphatic hydroxyl groups is 1. The maximum absolute atomic E-state index is 14.2. The summed E-state index contributed by atoms with van der Waals surface area (Å²) in [6.45, 7) is 4.61. The first-order valence-electron chi connectivity index (χ1n) is 5.57. The molecule has 0 atom stereocenters. The van der Waals surface area contributed by atoms with Gasteiger partial charge in [-0.3, -0.25) is 0 Å². The third-order valence-corrected chi connectivity index (χ3v) is 3.49. The van der Waals surface area contributed by atoms with Crippen molar-refractivity contribution in [1.82, 2.24) is 0 Å². The van der Waals surface area contributed by atoms with E-state index >= 15 is 0 Å². The van der Waals surface area contributed by atoms with Crippen molar-refractivity contribution in [3.05, 3.63) is 28.0 Å². The molecular weight excluding hydrogens is 287 g/mol. The summed E-state index contributed by atoms with van der Waals surface area (Å²) in [5, 5.41) is 9.01. The fourth-order valence-corrected chi connectivity index (χ4v) is 2.22. The maximum Gasteiger partial charge on any atom is 0.160 e. The molecule has 1 aromatic rings. The second-order valence-electron chi connectivity index (χ2n) is 4.09. The van der Waals surface area contributed by atoms with Crippen LogP contribution < -0.4 is 10.6 Å². The Hall–Kier alpha value is -0.650. The Labute approximate surface area is 110 Å². The summed E-state index contributed by atoms with van der Waals surface area (Å²) in [4.78, 5) is 1.82. The Morgan fingerprint density at radius 2 is 2.12 bits per heavy atom. The van der Waals surface area contributed by atoms with E-state index in [1.54, 1.807) is 12.1 Å². The monoisotopic (exact) mass is 304 g/mol. The number of halogens is 2. The van der Waals surface area contributed by atoms with E-state index in [1.807, 2.05) is 18.7 Å². The smallest absolute Gasteiger partial charge is 0.160 e. The minimum Gasteiger partial charge on any atom is -0.395 e. The summed E-state index contributed by atoms with van der Waals surface area (Å²) in [6.07, 6.45) is 0. The average molecular weight is 305 g/mol. The van der Waals surface area contributed by atoms with Gasteiger partial charge in [0, 0.05) is 19.1 Å². The van der Waals surface area contributed by atoms with Crippen molar-refractivity contribution >= 4 is 21.6 Å². The predicted molar refractivity (Wildman–Crippen MR) is 71.6 cm³/mol. The molecule has 0 aliphatic heterocycles. The lowest BCUT2D eigenvalue weighted by molar-refractivity contribution is 0.298. The molecular formula is C12H18BrFN2O. The van der Waals surface area contributed by atoms with Crippen LogP contribution in [0.3, 0.4) is 0 Å². The van der Waals surface area contributed by atoms with Crippen molar-refractivity contribution in [2.45, 2.75) is 26.4 Å². The zero-order valence-electron chi connectivity index (χ0n) is 10.1. The molecule has 0 unspecified atom stereocenters. The number of benzene rings is 1. The number of hydrogen-bond acceptors (Lipinski definition) is 3. The van der Waals surface area contributed by atoms with Crippen molar-refractivity contribution in [3.63, 3.8) is 0 Å². The molecule has 5 heteroatoms. The molecule has 0 fully saturated rings. The standard InChI is InChI=1S/C12H18BrFN2O/c1-8(2)16(5-6-17)10-4-3-9(7-15)11(13)12(10)14/h3-4,8,17H,5-7,15H2,1-2H3. The summed E-state index contributed by atoms with van der Waals surface area (Å²) < 4.78 is 14.6. The minimum atomic E-state index is -0.324.